The summed E-state index contributed by atoms with van der Waals surface area (Å²) >= 11 is 0. The highest BCUT2D eigenvalue weighted by Gasteiger charge is 2.57. The zero-order valence-electron chi connectivity index (χ0n) is 20.6. The minimum absolute atomic E-state index is 0.0236. The smallest absolute Gasteiger partial charge is 0.340 e. The number of hydrogen-bond donors (Lipinski definition) is 4. The van der Waals surface area contributed by atoms with Crippen molar-refractivity contribution in [3.63, 3.8) is 0 Å². The molecule has 4 rings (SSSR count). The van der Waals surface area contributed by atoms with Crippen LogP contribution in [0.4, 0.5) is 32.2 Å². The lowest BCUT2D eigenvalue weighted by atomic mass is 9.95. The fourth-order valence-corrected chi connectivity index (χ4v) is 7.41. The van der Waals surface area contributed by atoms with Gasteiger partial charge in [-0.25, -0.2) is 27.5 Å². The number of rotatable bonds is 8. The van der Waals surface area contributed by atoms with Crippen LogP contribution in [-0.2, 0) is 5.54 Å². The van der Waals surface area contributed by atoms with Crippen molar-refractivity contribution in [1.29, 1.82) is 0 Å². The van der Waals surface area contributed by atoms with Crippen LogP contribution in [0.5, 0.6) is 5.75 Å². The van der Waals surface area contributed by atoms with Crippen molar-refractivity contribution >= 4 is 28.1 Å². The van der Waals surface area contributed by atoms with Crippen LogP contribution in [0.25, 0.3) is 0 Å². The first-order valence-corrected chi connectivity index (χ1v) is 13.4. The second kappa shape index (κ2) is 10.5. The van der Waals surface area contributed by atoms with Gasteiger partial charge in [-0.1, -0.05) is 10.5 Å². The van der Waals surface area contributed by atoms with E-state index in [4.69, 9.17) is 5.73 Å². The van der Waals surface area contributed by atoms with E-state index in [1.54, 1.807) is 6.92 Å². The Balaban J connectivity index is 1.55. The predicted octanol–water partition coefficient (Wildman–Crippen LogP) is 4.02. The Morgan fingerprint density at radius 3 is 2.72 bits per heavy atom. The Labute approximate surface area is 220 Å². The molecule has 3 atom stereocenters. The highest BCUT2D eigenvalue weighted by Crippen LogP contribution is 2.62. The molecule has 0 bridgehead atoms. The van der Waals surface area contributed by atoms with Crippen molar-refractivity contribution in [2.24, 2.45) is 10.7 Å². The van der Waals surface area contributed by atoms with Crippen molar-refractivity contribution in [2.75, 3.05) is 30.9 Å². The topological polar surface area (TPSA) is 135 Å². The number of carbonyl (C=O) groups excluding carboxylic acids is 1. The number of aromatic nitrogens is 2. The average Bonchev–Trinajstić information content (AvgIpc) is 2.89. The molecular formula is C23H26F6N6O3S. The molecule has 1 amide bonds. The van der Waals surface area contributed by atoms with Crippen LogP contribution < -0.4 is 20.5 Å². The highest BCUT2D eigenvalue weighted by atomic mass is 32.3. The van der Waals surface area contributed by atoms with Crippen LogP contribution in [0.1, 0.15) is 35.9 Å². The number of amides is 1. The summed E-state index contributed by atoms with van der Waals surface area (Å²) in [5.74, 6) is -6.93. The molecule has 214 valence electrons. The van der Waals surface area contributed by atoms with Gasteiger partial charge in [-0.3, -0.25) is 14.5 Å². The molecule has 39 heavy (non-hydrogen) atoms. The van der Waals surface area contributed by atoms with Gasteiger partial charge in [0.25, 0.3) is 5.91 Å². The number of pyridine rings is 2. The van der Waals surface area contributed by atoms with Gasteiger partial charge in [0.15, 0.2) is 6.61 Å². The SMILES string of the molecule is C[C@]12CCCNS1(O)C[C@@](CF)(c1nc(NC(=O)c3ccc(OCC(F)(F)C(F)F)cn3)ccc1F)N=C2N. The summed E-state index contributed by atoms with van der Waals surface area (Å²) in [6.45, 7) is -0.622. The number of fused-ring (bicyclic) bond motifs is 1. The van der Waals surface area contributed by atoms with E-state index in [0.717, 1.165) is 30.5 Å². The molecule has 2 aliphatic heterocycles. The van der Waals surface area contributed by atoms with Crippen LogP contribution in [0.3, 0.4) is 0 Å². The number of hydrogen-bond acceptors (Lipinski definition) is 8. The minimum Gasteiger partial charge on any atom is -0.485 e. The minimum atomic E-state index is -4.37. The maximum absolute atomic E-state index is 15.0. The molecule has 9 nitrogen and oxygen atoms in total. The van der Waals surface area contributed by atoms with E-state index < -0.39 is 63.8 Å². The van der Waals surface area contributed by atoms with Gasteiger partial charge >= 0.3 is 12.3 Å². The Morgan fingerprint density at radius 2 is 2.08 bits per heavy atom. The van der Waals surface area contributed by atoms with Gasteiger partial charge in [0.05, 0.1) is 10.9 Å². The van der Waals surface area contributed by atoms with E-state index in [1.807, 2.05) is 0 Å². The Bertz CT molecular complexity index is 1270. The van der Waals surface area contributed by atoms with Crippen molar-refractivity contribution in [3.8, 4) is 5.75 Å². The fraction of sp³-hybridized carbons (Fsp3) is 0.478. The number of nitrogens with two attached hydrogens (primary N) is 1. The molecule has 0 radical (unpaired) electrons. The van der Waals surface area contributed by atoms with Crippen molar-refractivity contribution in [2.45, 2.75) is 42.4 Å². The van der Waals surface area contributed by atoms with Gasteiger partial charge < -0.3 is 20.3 Å². The predicted molar refractivity (Wildman–Crippen MR) is 133 cm³/mol. The zero-order valence-corrected chi connectivity index (χ0v) is 21.4. The van der Waals surface area contributed by atoms with E-state index >= 15 is 0 Å². The summed E-state index contributed by atoms with van der Waals surface area (Å²) in [5, 5.41) is 2.37. The Hall–Kier alpha value is -3.11. The van der Waals surface area contributed by atoms with Crippen LogP contribution in [0.15, 0.2) is 35.5 Å². The summed E-state index contributed by atoms with van der Waals surface area (Å²) < 4.78 is 98.4. The van der Waals surface area contributed by atoms with E-state index in [2.05, 4.69) is 29.7 Å². The molecule has 0 aromatic carbocycles. The number of amidine groups is 1. The average molecular weight is 581 g/mol. The number of anilines is 1. The molecule has 1 fully saturated rings. The first-order valence-electron chi connectivity index (χ1n) is 11.7. The highest BCUT2D eigenvalue weighted by molar-refractivity contribution is 8.29. The van der Waals surface area contributed by atoms with E-state index in [9.17, 15) is 35.7 Å². The molecule has 16 heteroatoms. The van der Waals surface area contributed by atoms with Gasteiger partial charge in [-0.2, -0.15) is 8.78 Å². The molecule has 0 saturated carbocycles. The summed E-state index contributed by atoms with van der Waals surface area (Å²) in [6, 6.07) is 4.23. The summed E-state index contributed by atoms with van der Waals surface area (Å²) in [5.41, 5.74) is 3.56. The van der Waals surface area contributed by atoms with Crippen LogP contribution >= 0.6 is 10.5 Å². The molecule has 2 aromatic heterocycles. The quantitative estimate of drug-likeness (QED) is 0.347. The third-order valence-electron chi connectivity index (χ3n) is 6.71. The largest absolute Gasteiger partial charge is 0.485 e. The first kappa shape index (κ1) is 28.9. The molecule has 4 heterocycles. The van der Waals surface area contributed by atoms with Crippen LogP contribution in [-0.4, -0.2) is 68.9 Å². The lowest BCUT2D eigenvalue weighted by Crippen LogP contribution is -2.61. The van der Waals surface area contributed by atoms with Crippen molar-refractivity contribution in [3.05, 3.63) is 47.7 Å². The number of nitrogens with one attached hydrogen (secondary N) is 2. The lowest BCUT2D eigenvalue weighted by Gasteiger charge is -2.57. The first-order chi connectivity index (χ1) is 18.3. The standard InChI is InChI=1S/C23H26F6N6O3S/c1-21-7-2-8-32-39(21,37)12-22(10-24,35-20(21)30)17-14(25)4-6-16(33-17)34-18(36)15-5-3-13(9-31-15)38-11-23(28,29)19(26)27/h3-6,9,19,32,37H,2,7-8,10-12H2,1H3,(H2,30,35)(H,33,34,36)/t21-,22+/m1/s1. The van der Waals surface area contributed by atoms with Gasteiger partial charge in [0.1, 0.15) is 46.8 Å². The Kier molecular flexibility index (Phi) is 7.75. The maximum Gasteiger partial charge on any atom is 0.340 e. The third-order valence-corrected chi connectivity index (χ3v) is 10.2. The number of alkyl halides is 5. The molecule has 0 aliphatic carbocycles. The van der Waals surface area contributed by atoms with Crippen molar-refractivity contribution < 1.29 is 40.4 Å². The van der Waals surface area contributed by atoms with E-state index in [0.29, 0.717) is 19.4 Å². The normalized spacial score (nSPS) is 28.7. The fourth-order valence-electron chi connectivity index (χ4n) is 4.35. The van der Waals surface area contributed by atoms with E-state index in [1.165, 1.54) is 0 Å². The second-order valence-electron chi connectivity index (χ2n) is 9.45. The molecule has 2 aromatic rings. The van der Waals surface area contributed by atoms with Gasteiger partial charge in [0.2, 0.25) is 0 Å². The second-order valence-corrected chi connectivity index (χ2v) is 12.3. The number of nitrogens with zero attached hydrogens (tertiary/aromatic N) is 3. The van der Waals surface area contributed by atoms with Gasteiger partial charge in [0, 0.05) is 12.3 Å². The number of halogens is 6. The molecule has 1 unspecified atom stereocenters. The number of carbonyl (C=O) groups is 1. The summed E-state index contributed by atoms with van der Waals surface area (Å²) in [4.78, 5) is 24.8. The van der Waals surface area contributed by atoms with Crippen LogP contribution in [0.2, 0.25) is 0 Å². The monoisotopic (exact) mass is 580 g/mol. The van der Waals surface area contributed by atoms with E-state index in [-0.39, 0.29) is 28.8 Å². The molecule has 0 spiro atoms. The number of aliphatic imine (C=N–C) groups is 1. The third kappa shape index (κ3) is 5.36. The molecule has 1 saturated heterocycles. The van der Waals surface area contributed by atoms with Crippen molar-refractivity contribution in [1.82, 2.24) is 14.7 Å². The molecule has 5 N–H and O–H groups in total. The van der Waals surface area contributed by atoms with Crippen LogP contribution in [0, 0.1) is 5.82 Å². The lowest BCUT2D eigenvalue weighted by molar-refractivity contribution is -0.148. The summed E-state index contributed by atoms with van der Waals surface area (Å²) in [6.07, 6.45) is -1.80. The molecule has 2 aliphatic rings. The summed E-state index contributed by atoms with van der Waals surface area (Å²) in [7, 11) is -2.77. The maximum atomic E-state index is 15.0. The van der Waals surface area contributed by atoms with Gasteiger partial charge in [-0.05, 0) is 44.0 Å². The van der Waals surface area contributed by atoms with Gasteiger partial charge in [-0.15, -0.1) is 0 Å². The zero-order chi connectivity index (χ0) is 28.6. The Morgan fingerprint density at radius 1 is 1.33 bits per heavy atom. The number of ether oxygens (including phenoxy) is 1. The molecular weight excluding hydrogens is 554 g/mol.